The highest BCUT2D eigenvalue weighted by Crippen LogP contribution is 2.40. The Balaban J connectivity index is 1.06. The lowest BCUT2D eigenvalue weighted by molar-refractivity contribution is 1.07. The van der Waals surface area contributed by atoms with E-state index in [1.807, 2.05) is 18.3 Å². The smallest absolute Gasteiger partial charge is 0.164 e. The molecule has 0 unspecified atom stereocenters. The molecule has 0 saturated carbocycles. The summed E-state index contributed by atoms with van der Waals surface area (Å²) < 4.78 is 0. The summed E-state index contributed by atoms with van der Waals surface area (Å²) in [5.41, 5.74) is 12.6. The zero-order chi connectivity index (χ0) is 45.0. The van der Waals surface area contributed by atoms with Gasteiger partial charge < -0.3 is 0 Å². The molecule has 0 spiro atoms. The van der Waals surface area contributed by atoms with Crippen LogP contribution >= 0.6 is 0 Å². The van der Waals surface area contributed by atoms with Gasteiger partial charge in [0.25, 0.3) is 0 Å². The average molecular weight is 866 g/mol. The minimum atomic E-state index is 0.556. The van der Waals surface area contributed by atoms with Crippen molar-refractivity contribution < 1.29 is 0 Å². The fourth-order valence-electron chi connectivity index (χ4n) is 9.79. The molecule has 0 radical (unpaired) electrons. The Bertz CT molecular complexity index is 4040. The average Bonchev–Trinajstić information content (AvgIpc) is 3.43. The molecular formula is C63H39N5. The van der Waals surface area contributed by atoms with Gasteiger partial charge in [-0.3, -0.25) is 4.98 Å². The van der Waals surface area contributed by atoms with Crippen LogP contribution in [0.3, 0.4) is 0 Å². The van der Waals surface area contributed by atoms with Crippen LogP contribution in [-0.2, 0) is 0 Å². The van der Waals surface area contributed by atoms with Gasteiger partial charge in [-0.2, -0.15) is 0 Å². The first-order chi connectivity index (χ1) is 33.7. The first kappa shape index (κ1) is 39.2. The van der Waals surface area contributed by atoms with Crippen molar-refractivity contribution in [2.24, 2.45) is 0 Å². The summed E-state index contributed by atoms with van der Waals surface area (Å²) >= 11 is 0. The summed E-state index contributed by atoms with van der Waals surface area (Å²) in [6.07, 6.45) is 1.92. The van der Waals surface area contributed by atoms with Gasteiger partial charge in [-0.1, -0.05) is 200 Å². The zero-order valence-corrected chi connectivity index (χ0v) is 36.8. The van der Waals surface area contributed by atoms with E-state index in [1.54, 1.807) is 0 Å². The third-order valence-electron chi connectivity index (χ3n) is 13.1. The number of hydrogen-bond acceptors (Lipinski definition) is 5. The predicted octanol–water partition coefficient (Wildman–Crippen LogP) is 16.1. The number of fused-ring (bicyclic) bond motifs is 9. The molecule has 11 aromatic carbocycles. The van der Waals surface area contributed by atoms with Crippen LogP contribution in [0, 0.1) is 0 Å². The fourth-order valence-corrected chi connectivity index (χ4v) is 9.79. The maximum absolute atomic E-state index is 5.49. The largest absolute Gasteiger partial charge is 0.252 e. The van der Waals surface area contributed by atoms with Gasteiger partial charge in [0.15, 0.2) is 17.5 Å². The molecule has 0 N–H and O–H groups in total. The highest BCUT2D eigenvalue weighted by atomic mass is 15.0. The van der Waals surface area contributed by atoms with Gasteiger partial charge in [-0.15, -0.1) is 0 Å². The Kier molecular flexibility index (Phi) is 9.43. The van der Waals surface area contributed by atoms with Crippen LogP contribution in [0.15, 0.2) is 237 Å². The van der Waals surface area contributed by atoms with E-state index in [-0.39, 0.29) is 0 Å². The molecule has 68 heavy (non-hydrogen) atoms. The second-order valence-corrected chi connectivity index (χ2v) is 17.2. The summed E-state index contributed by atoms with van der Waals surface area (Å²) in [5, 5.41) is 9.19. The van der Waals surface area contributed by atoms with Gasteiger partial charge in [0, 0.05) is 33.0 Å². The third kappa shape index (κ3) is 6.93. The summed E-state index contributed by atoms with van der Waals surface area (Å²) in [6, 6.07) is 81.0. The highest BCUT2D eigenvalue weighted by molar-refractivity contribution is 6.23. The molecule has 13 rings (SSSR count). The molecule has 0 saturated heterocycles. The summed E-state index contributed by atoms with van der Waals surface area (Å²) in [5.74, 6) is 1.73. The van der Waals surface area contributed by atoms with Crippen molar-refractivity contribution in [2.75, 3.05) is 0 Å². The molecule has 316 valence electrons. The molecule has 0 aliphatic rings. The second-order valence-electron chi connectivity index (χ2n) is 17.2. The second kappa shape index (κ2) is 16.4. The van der Waals surface area contributed by atoms with Crippen LogP contribution in [0.1, 0.15) is 0 Å². The standard InChI is InChI=1S/C63H39N5/c1-3-16-40(17-4-1)42-30-32-43(33-31-42)61-66-62(46-22-15-21-44(34-46)41-18-5-2-6-19-41)68-63(67-61)49-36-47(57-38-45-20-7-8-23-50(45)51-24-9-10-27-54(51)57)35-48(37-49)58-39-64-59-55-28-13-11-25-52(55)53-26-12-14-29-56(53)60(59)65-58/h1-39H. The maximum atomic E-state index is 5.49. The molecule has 0 amide bonds. The molecule has 0 atom stereocenters. The number of hydrogen-bond donors (Lipinski definition) is 0. The van der Waals surface area contributed by atoms with Crippen LogP contribution in [0.5, 0.6) is 0 Å². The number of nitrogens with zero attached hydrogens (tertiary/aromatic N) is 5. The van der Waals surface area contributed by atoms with Gasteiger partial charge in [0.1, 0.15) is 0 Å². The van der Waals surface area contributed by atoms with Crippen molar-refractivity contribution in [2.45, 2.75) is 0 Å². The van der Waals surface area contributed by atoms with Crippen molar-refractivity contribution in [3.63, 3.8) is 0 Å². The molecule has 0 bridgehead atoms. The number of benzene rings is 11. The molecule has 5 heteroatoms. The Labute approximate surface area is 392 Å². The Hall–Kier alpha value is -9.19. The van der Waals surface area contributed by atoms with Gasteiger partial charge in [0.2, 0.25) is 0 Å². The first-order valence-corrected chi connectivity index (χ1v) is 22.9. The van der Waals surface area contributed by atoms with Crippen LogP contribution in [0.4, 0.5) is 0 Å². The fraction of sp³-hybridized carbons (Fsp3) is 0. The minimum absolute atomic E-state index is 0.556. The summed E-state index contributed by atoms with van der Waals surface area (Å²) in [7, 11) is 0. The van der Waals surface area contributed by atoms with Crippen molar-refractivity contribution in [3.8, 4) is 78.8 Å². The molecular weight excluding hydrogens is 827 g/mol. The topological polar surface area (TPSA) is 64.5 Å². The zero-order valence-electron chi connectivity index (χ0n) is 36.8. The molecule has 2 aromatic heterocycles. The minimum Gasteiger partial charge on any atom is -0.252 e. The maximum Gasteiger partial charge on any atom is 0.164 e. The van der Waals surface area contributed by atoms with Gasteiger partial charge in [-0.25, -0.2) is 19.9 Å². The summed E-state index contributed by atoms with van der Waals surface area (Å²) in [4.78, 5) is 26.6. The first-order valence-electron chi connectivity index (χ1n) is 22.9. The van der Waals surface area contributed by atoms with E-state index in [4.69, 9.17) is 24.9 Å². The van der Waals surface area contributed by atoms with Gasteiger partial charge in [-0.05, 0) is 96.0 Å². The van der Waals surface area contributed by atoms with E-state index in [0.717, 1.165) is 99.3 Å². The Morgan fingerprint density at radius 3 is 1.37 bits per heavy atom. The van der Waals surface area contributed by atoms with Crippen LogP contribution in [0.25, 0.3) is 133 Å². The van der Waals surface area contributed by atoms with Crippen molar-refractivity contribution in [1.29, 1.82) is 0 Å². The third-order valence-corrected chi connectivity index (χ3v) is 13.1. The van der Waals surface area contributed by atoms with Crippen LogP contribution in [0.2, 0.25) is 0 Å². The molecule has 2 heterocycles. The van der Waals surface area contributed by atoms with E-state index >= 15 is 0 Å². The number of aromatic nitrogens is 5. The predicted molar refractivity (Wildman–Crippen MR) is 281 cm³/mol. The van der Waals surface area contributed by atoms with E-state index in [0.29, 0.717) is 17.5 Å². The monoisotopic (exact) mass is 865 g/mol. The van der Waals surface area contributed by atoms with Gasteiger partial charge in [0.05, 0.1) is 22.9 Å². The Morgan fingerprint density at radius 1 is 0.235 bits per heavy atom. The van der Waals surface area contributed by atoms with Crippen molar-refractivity contribution in [3.05, 3.63) is 237 Å². The van der Waals surface area contributed by atoms with E-state index in [9.17, 15) is 0 Å². The van der Waals surface area contributed by atoms with E-state index in [2.05, 4.69) is 218 Å². The molecule has 13 aromatic rings. The SMILES string of the molecule is c1ccc(-c2ccc(-c3nc(-c4cccc(-c5ccccc5)c4)nc(-c4cc(-c5cnc6c7ccccc7c7ccccc7c6n5)cc(-c5cc6ccccc6c6ccccc56)c4)n3)cc2)cc1. The van der Waals surface area contributed by atoms with E-state index < -0.39 is 0 Å². The Morgan fingerprint density at radius 2 is 0.676 bits per heavy atom. The lowest BCUT2D eigenvalue weighted by atomic mass is 9.91. The van der Waals surface area contributed by atoms with E-state index in [1.165, 1.54) is 16.2 Å². The summed E-state index contributed by atoms with van der Waals surface area (Å²) in [6.45, 7) is 0. The lowest BCUT2D eigenvalue weighted by Gasteiger charge is -2.15. The van der Waals surface area contributed by atoms with Gasteiger partial charge >= 0.3 is 0 Å². The molecule has 0 aliphatic heterocycles. The molecule has 0 fully saturated rings. The van der Waals surface area contributed by atoms with Crippen LogP contribution < -0.4 is 0 Å². The van der Waals surface area contributed by atoms with Crippen LogP contribution in [-0.4, -0.2) is 24.9 Å². The molecule has 5 nitrogen and oxygen atoms in total. The normalized spacial score (nSPS) is 11.5. The quantitative estimate of drug-likeness (QED) is 0.149. The number of rotatable bonds is 7. The molecule has 0 aliphatic carbocycles. The van der Waals surface area contributed by atoms with Crippen molar-refractivity contribution >= 4 is 54.1 Å². The highest BCUT2D eigenvalue weighted by Gasteiger charge is 2.19. The lowest BCUT2D eigenvalue weighted by Crippen LogP contribution is -2.01. The van der Waals surface area contributed by atoms with Crippen molar-refractivity contribution in [1.82, 2.24) is 24.9 Å².